The highest BCUT2D eigenvalue weighted by atomic mass is 32.2. The van der Waals surface area contributed by atoms with Crippen LogP contribution in [0.3, 0.4) is 0 Å². The average Bonchev–Trinajstić information content (AvgIpc) is 2.76. The monoisotopic (exact) mass is 438 g/mol. The molecule has 31 heavy (non-hydrogen) atoms. The molecular formula is C24H26N2O4S. The van der Waals surface area contributed by atoms with E-state index in [2.05, 4.69) is 10.0 Å². The molecule has 7 heteroatoms. The summed E-state index contributed by atoms with van der Waals surface area (Å²) in [6, 6.07) is 21.8. The van der Waals surface area contributed by atoms with E-state index in [4.69, 9.17) is 4.74 Å². The highest BCUT2D eigenvalue weighted by Crippen LogP contribution is 2.17. The first-order valence-electron chi connectivity index (χ1n) is 10.0. The maximum Gasteiger partial charge on any atom is 0.242 e. The van der Waals surface area contributed by atoms with E-state index in [-0.39, 0.29) is 11.3 Å². The Hall–Kier alpha value is -3.16. The summed E-state index contributed by atoms with van der Waals surface area (Å²) in [5, 5.41) is 2.79. The summed E-state index contributed by atoms with van der Waals surface area (Å²) in [6.45, 7) is 4.32. The van der Waals surface area contributed by atoms with Crippen molar-refractivity contribution in [3.05, 3.63) is 90.0 Å². The molecule has 0 bridgehead atoms. The lowest BCUT2D eigenvalue weighted by atomic mass is 10.1. The maximum atomic E-state index is 13.0. The topological polar surface area (TPSA) is 84.5 Å². The van der Waals surface area contributed by atoms with Crippen molar-refractivity contribution in [3.63, 3.8) is 0 Å². The number of benzene rings is 3. The van der Waals surface area contributed by atoms with Gasteiger partial charge >= 0.3 is 0 Å². The van der Waals surface area contributed by atoms with Gasteiger partial charge < -0.3 is 10.1 Å². The van der Waals surface area contributed by atoms with E-state index in [9.17, 15) is 13.2 Å². The van der Waals surface area contributed by atoms with Gasteiger partial charge in [-0.25, -0.2) is 8.42 Å². The molecule has 0 radical (unpaired) electrons. The number of carbonyl (C=O) groups excluding carboxylic acids is 1. The van der Waals surface area contributed by atoms with E-state index in [0.717, 1.165) is 11.1 Å². The molecular weight excluding hydrogens is 412 g/mol. The van der Waals surface area contributed by atoms with Crippen LogP contribution in [0.5, 0.6) is 5.75 Å². The van der Waals surface area contributed by atoms with Crippen molar-refractivity contribution in [1.29, 1.82) is 0 Å². The SMILES string of the molecule is CCOc1ccc(NC(=O)C(Cc2ccccc2)NS(=O)(=O)c2ccc(C)cc2)cc1. The minimum atomic E-state index is -3.88. The molecule has 2 N–H and O–H groups in total. The molecule has 0 aliphatic rings. The van der Waals surface area contributed by atoms with E-state index in [1.54, 1.807) is 36.4 Å². The van der Waals surface area contributed by atoms with Crippen LogP contribution in [0.15, 0.2) is 83.8 Å². The summed E-state index contributed by atoms with van der Waals surface area (Å²) in [4.78, 5) is 13.1. The molecule has 0 fully saturated rings. The molecule has 162 valence electrons. The predicted octanol–water partition coefficient (Wildman–Crippen LogP) is 3.92. The lowest BCUT2D eigenvalue weighted by Gasteiger charge is -2.19. The molecule has 3 aromatic rings. The number of ether oxygens (including phenoxy) is 1. The summed E-state index contributed by atoms with van der Waals surface area (Å²) >= 11 is 0. The summed E-state index contributed by atoms with van der Waals surface area (Å²) in [6.07, 6.45) is 0.217. The summed E-state index contributed by atoms with van der Waals surface area (Å²) in [5.41, 5.74) is 2.36. The van der Waals surface area contributed by atoms with Crippen LogP contribution in [0, 0.1) is 6.92 Å². The van der Waals surface area contributed by atoms with Gasteiger partial charge in [-0.1, -0.05) is 48.0 Å². The second-order valence-electron chi connectivity index (χ2n) is 7.12. The molecule has 0 heterocycles. The van der Waals surface area contributed by atoms with Gasteiger partial charge in [0.2, 0.25) is 15.9 Å². The number of aryl methyl sites for hydroxylation is 1. The Labute approximate surface area is 183 Å². The number of nitrogens with one attached hydrogen (secondary N) is 2. The molecule has 1 atom stereocenters. The predicted molar refractivity (Wildman–Crippen MR) is 122 cm³/mol. The number of hydrogen-bond donors (Lipinski definition) is 2. The third-order valence-corrected chi connectivity index (χ3v) is 6.15. The fraction of sp³-hybridized carbons (Fsp3) is 0.208. The van der Waals surface area contributed by atoms with Gasteiger partial charge in [-0.15, -0.1) is 0 Å². The molecule has 6 nitrogen and oxygen atoms in total. The number of hydrogen-bond acceptors (Lipinski definition) is 4. The van der Waals surface area contributed by atoms with Gasteiger partial charge in [-0.3, -0.25) is 4.79 Å². The number of sulfonamides is 1. The Balaban J connectivity index is 1.81. The second kappa shape index (κ2) is 10.2. The van der Waals surface area contributed by atoms with Crippen molar-refractivity contribution < 1.29 is 17.9 Å². The van der Waals surface area contributed by atoms with Crippen molar-refractivity contribution in [2.24, 2.45) is 0 Å². The van der Waals surface area contributed by atoms with Crippen LogP contribution in [0.25, 0.3) is 0 Å². The Morgan fingerprint density at radius 2 is 1.58 bits per heavy atom. The quantitative estimate of drug-likeness (QED) is 0.530. The van der Waals surface area contributed by atoms with Crippen molar-refractivity contribution in [2.45, 2.75) is 31.2 Å². The lowest BCUT2D eigenvalue weighted by molar-refractivity contribution is -0.117. The summed E-state index contributed by atoms with van der Waals surface area (Å²) in [7, 11) is -3.88. The Kier molecular flexibility index (Phi) is 7.44. The minimum absolute atomic E-state index is 0.116. The van der Waals surface area contributed by atoms with Gasteiger partial charge in [0, 0.05) is 5.69 Å². The molecule has 0 aliphatic heterocycles. The highest BCUT2D eigenvalue weighted by Gasteiger charge is 2.26. The van der Waals surface area contributed by atoms with Crippen molar-refractivity contribution >= 4 is 21.6 Å². The number of rotatable bonds is 9. The molecule has 3 rings (SSSR count). The molecule has 1 unspecified atom stereocenters. The van der Waals surface area contributed by atoms with Crippen LogP contribution in [-0.4, -0.2) is 27.0 Å². The van der Waals surface area contributed by atoms with E-state index < -0.39 is 22.0 Å². The zero-order chi connectivity index (χ0) is 22.3. The number of anilines is 1. The largest absolute Gasteiger partial charge is 0.494 e. The van der Waals surface area contributed by atoms with E-state index in [0.29, 0.717) is 18.0 Å². The van der Waals surface area contributed by atoms with Crippen LogP contribution < -0.4 is 14.8 Å². The zero-order valence-corrected chi connectivity index (χ0v) is 18.4. The Morgan fingerprint density at radius 3 is 2.19 bits per heavy atom. The van der Waals surface area contributed by atoms with Gasteiger partial charge in [0.05, 0.1) is 11.5 Å². The first kappa shape index (κ1) is 22.5. The van der Waals surface area contributed by atoms with Crippen LogP contribution in [0.1, 0.15) is 18.1 Å². The molecule has 3 aromatic carbocycles. The fourth-order valence-corrected chi connectivity index (χ4v) is 4.24. The number of amides is 1. The normalized spacial score (nSPS) is 12.2. The smallest absolute Gasteiger partial charge is 0.242 e. The minimum Gasteiger partial charge on any atom is -0.494 e. The molecule has 1 amide bonds. The van der Waals surface area contributed by atoms with Gasteiger partial charge in [0.1, 0.15) is 11.8 Å². The van der Waals surface area contributed by atoms with Crippen LogP contribution in [-0.2, 0) is 21.2 Å². The van der Waals surface area contributed by atoms with E-state index >= 15 is 0 Å². The standard InChI is InChI=1S/C24H26N2O4S/c1-3-30-21-13-11-20(12-14-21)25-24(27)23(17-19-7-5-4-6-8-19)26-31(28,29)22-15-9-18(2)10-16-22/h4-16,23,26H,3,17H2,1-2H3,(H,25,27). The third-order valence-electron chi connectivity index (χ3n) is 4.66. The lowest BCUT2D eigenvalue weighted by Crippen LogP contribution is -2.45. The van der Waals surface area contributed by atoms with Crippen LogP contribution >= 0.6 is 0 Å². The third kappa shape index (κ3) is 6.41. The van der Waals surface area contributed by atoms with Crippen molar-refractivity contribution in [2.75, 3.05) is 11.9 Å². The van der Waals surface area contributed by atoms with E-state index in [1.165, 1.54) is 12.1 Å². The highest BCUT2D eigenvalue weighted by molar-refractivity contribution is 7.89. The molecule has 0 saturated heterocycles. The van der Waals surface area contributed by atoms with Crippen LogP contribution in [0.4, 0.5) is 5.69 Å². The van der Waals surface area contributed by atoms with Crippen LogP contribution in [0.2, 0.25) is 0 Å². The number of carbonyl (C=O) groups is 1. The van der Waals surface area contributed by atoms with Crippen molar-refractivity contribution in [3.8, 4) is 5.75 Å². The van der Waals surface area contributed by atoms with Gasteiger partial charge in [0.25, 0.3) is 0 Å². The summed E-state index contributed by atoms with van der Waals surface area (Å²) in [5.74, 6) is 0.255. The van der Waals surface area contributed by atoms with E-state index in [1.807, 2.05) is 44.2 Å². The first-order chi connectivity index (χ1) is 14.9. The zero-order valence-electron chi connectivity index (χ0n) is 17.5. The van der Waals surface area contributed by atoms with Crippen molar-refractivity contribution in [1.82, 2.24) is 4.72 Å². The van der Waals surface area contributed by atoms with Gasteiger partial charge in [-0.05, 0) is 62.2 Å². The maximum absolute atomic E-state index is 13.0. The molecule has 0 aromatic heterocycles. The Morgan fingerprint density at radius 1 is 0.935 bits per heavy atom. The second-order valence-corrected chi connectivity index (χ2v) is 8.84. The van der Waals surface area contributed by atoms with Gasteiger partial charge in [-0.2, -0.15) is 4.72 Å². The van der Waals surface area contributed by atoms with Gasteiger partial charge in [0.15, 0.2) is 0 Å². The summed E-state index contributed by atoms with van der Waals surface area (Å²) < 4.78 is 33.8. The average molecular weight is 439 g/mol. The molecule has 0 spiro atoms. The molecule has 0 saturated carbocycles. The fourth-order valence-electron chi connectivity index (χ4n) is 3.04. The Bertz CT molecular complexity index is 1100. The molecule has 0 aliphatic carbocycles. The first-order valence-corrected chi connectivity index (χ1v) is 11.5.